The fourth-order valence-corrected chi connectivity index (χ4v) is 1.67. The Hall–Kier alpha value is -2.89. The summed E-state index contributed by atoms with van der Waals surface area (Å²) < 4.78 is 5.34. The summed E-state index contributed by atoms with van der Waals surface area (Å²) in [6.07, 6.45) is 0.460. The minimum atomic E-state index is -0.766. The molecule has 2 aromatic carbocycles. The van der Waals surface area contributed by atoms with Gasteiger partial charge in [0.2, 0.25) is 5.75 Å². The van der Waals surface area contributed by atoms with Crippen molar-refractivity contribution in [3.05, 3.63) is 63.7 Å². The zero-order chi connectivity index (χ0) is 14.5. The van der Waals surface area contributed by atoms with Gasteiger partial charge in [0.1, 0.15) is 12.9 Å². The summed E-state index contributed by atoms with van der Waals surface area (Å²) in [5.41, 5.74) is 0.348. The Morgan fingerprint density at radius 3 is 2.55 bits per heavy atom. The van der Waals surface area contributed by atoms with Gasteiger partial charge in [0, 0.05) is 11.6 Å². The normalized spacial score (nSPS) is 10.0. The molecular formula is C14H11NO5. The molecule has 0 spiro atoms. The molecule has 0 aromatic heterocycles. The van der Waals surface area contributed by atoms with E-state index in [1.807, 2.05) is 30.3 Å². The highest BCUT2D eigenvalue weighted by Gasteiger charge is 2.20. The van der Waals surface area contributed by atoms with Crippen LogP contribution in [0.2, 0.25) is 0 Å². The number of aromatic hydroxyl groups is 1. The van der Waals surface area contributed by atoms with Crippen LogP contribution in [-0.2, 0) is 6.61 Å². The molecule has 6 nitrogen and oxygen atoms in total. The largest absolute Gasteiger partial charge is 0.500 e. The number of hydrogen-bond donors (Lipinski definition) is 1. The highest BCUT2D eigenvalue weighted by atomic mass is 16.6. The maximum Gasteiger partial charge on any atom is 0.315 e. The molecule has 0 aliphatic rings. The van der Waals surface area contributed by atoms with Crippen LogP contribution >= 0.6 is 0 Å². The molecule has 0 saturated carbocycles. The zero-order valence-electron chi connectivity index (χ0n) is 10.4. The first-order valence-corrected chi connectivity index (χ1v) is 5.75. The number of ether oxygens (including phenoxy) is 1. The van der Waals surface area contributed by atoms with E-state index in [0.717, 1.165) is 11.6 Å². The maximum absolute atomic E-state index is 10.8. The second kappa shape index (κ2) is 5.83. The molecule has 0 bridgehead atoms. The van der Waals surface area contributed by atoms with E-state index in [1.54, 1.807) is 0 Å². The second-order valence-corrected chi connectivity index (χ2v) is 4.04. The molecule has 0 saturated heterocycles. The van der Waals surface area contributed by atoms with Gasteiger partial charge in [-0.3, -0.25) is 14.9 Å². The average molecular weight is 273 g/mol. The lowest BCUT2D eigenvalue weighted by atomic mass is 10.2. The van der Waals surface area contributed by atoms with Crippen LogP contribution in [0.15, 0.2) is 42.5 Å². The lowest BCUT2D eigenvalue weighted by Crippen LogP contribution is -1.98. The van der Waals surface area contributed by atoms with E-state index in [1.165, 1.54) is 6.07 Å². The van der Waals surface area contributed by atoms with E-state index in [-0.39, 0.29) is 17.9 Å². The molecule has 0 fully saturated rings. The Morgan fingerprint density at radius 1 is 1.25 bits per heavy atom. The fourth-order valence-electron chi connectivity index (χ4n) is 1.67. The highest BCUT2D eigenvalue weighted by molar-refractivity contribution is 5.79. The van der Waals surface area contributed by atoms with Crippen molar-refractivity contribution in [2.24, 2.45) is 0 Å². The van der Waals surface area contributed by atoms with Gasteiger partial charge >= 0.3 is 5.69 Å². The lowest BCUT2D eigenvalue weighted by molar-refractivity contribution is -0.386. The van der Waals surface area contributed by atoms with Crippen LogP contribution in [0.4, 0.5) is 5.69 Å². The summed E-state index contributed by atoms with van der Waals surface area (Å²) in [6, 6.07) is 11.4. The van der Waals surface area contributed by atoms with Gasteiger partial charge in [-0.15, -0.1) is 0 Å². The number of carbonyl (C=O) groups excluding carboxylic acids is 1. The predicted octanol–water partition coefficient (Wildman–Crippen LogP) is 2.69. The van der Waals surface area contributed by atoms with Crippen LogP contribution in [0.25, 0.3) is 0 Å². The van der Waals surface area contributed by atoms with E-state index in [4.69, 9.17) is 4.74 Å². The van der Waals surface area contributed by atoms with E-state index in [0.29, 0.717) is 6.29 Å². The van der Waals surface area contributed by atoms with Crippen molar-refractivity contribution in [3.8, 4) is 11.5 Å². The molecule has 0 amide bonds. The first-order chi connectivity index (χ1) is 9.61. The Morgan fingerprint density at radius 2 is 1.95 bits per heavy atom. The zero-order valence-corrected chi connectivity index (χ0v) is 10.4. The summed E-state index contributed by atoms with van der Waals surface area (Å²) >= 11 is 0. The van der Waals surface area contributed by atoms with Crippen molar-refractivity contribution in [2.75, 3.05) is 0 Å². The first-order valence-electron chi connectivity index (χ1n) is 5.75. The van der Waals surface area contributed by atoms with Crippen molar-refractivity contribution >= 4 is 12.0 Å². The quantitative estimate of drug-likeness (QED) is 0.514. The third-order valence-corrected chi connectivity index (χ3v) is 2.65. The van der Waals surface area contributed by atoms with Gasteiger partial charge in [0.05, 0.1) is 4.92 Å². The van der Waals surface area contributed by atoms with E-state index in [2.05, 4.69) is 0 Å². The lowest BCUT2D eigenvalue weighted by Gasteiger charge is -2.09. The van der Waals surface area contributed by atoms with Gasteiger partial charge in [-0.1, -0.05) is 30.3 Å². The highest BCUT2D eigenvalue weighted by Crippen LogP contribution is 2.37. The molecule has 2 rings (SSSR count). The van der Waals surface area contributed by atoms with E-state index < -0.39 is 16.4 Å². The number of nitro benzene ring substituents is 1. The Balaban J connectivity index is 2.29. The van der Waals surface area contributed by atoms with Crippen LogP contribution in [0.3, 0.4) is 0 Å². The number of benzene rings is 2. The van der Waals surface area contributed by atoms with Gasteiger partial charge in [-0.25, -0.2) is 0 Å². The number of aldehydes is 1. The molecule has 6 heteroatoms. The molecule has 0 radical (unpaired) electrons. The van der Waals surface area contributed by atoms with Crippen LogP contribution in [-0.4, -0.2) is 16.3 Å². The number of phenolic OH excluding ortho intramolecular Hbond substituents is 1. The molecule has 102 valence electrons. The van der Waals surface area contributed by atoms with Crippen LogP contribution < -0.4 is 4.74 Å². The van der Waals surface area contributed by atoms with Crippen molar-refractivity contribution in [2.45, 2.75) is 6.61 Å². The van der Waals surface area contributed by atoms with Crippen molar-refractivity contribution < 1.29 is 19.6 Å². The summed E-state index contributed by atoms with van der Waals surface area (Å²) in [7, 11) is 0. The Bertz CT molecular complexity index is 640. The summed E-state index contributed by atoms with van der Waals surface area (Å²) in [5.74, 6) is -0.679. The molecular weight excluding hydrogens is 262 g/mol. The molecule has 20 heavy (non-hydrogen) atoms. The molecule has 0 aliphatic carbocycles. The Kier molecular flexibility index (Phi) is 3.95. The second-order valence-electron chi connectivity index (χ2n) is 4.04. The topological polar surface area (TPSA) is 89.7 Å². The third kappa shape index (κ3) is 2.92. The van der Waals surface area contributed by atoms with Gasteiger partial charge < -0.3 is 9.84 Å². The average Bonchev–Trinajstić information content (AvgIpc) is 2.47. The number of nitro groups is 1. The number of phenols is 1. The fraction of sp³-hybridized carbons (Fsp3) is 0.0714. The smallest absolute Gasteiger partial charge is 0.315 e. The maximum atomic E-state index is 10.8. The molecule has 1 N–H and O–H groups in total. The predicted molar refractivity (Wildman–Crippen MR) is 70.9 cm³/mol. The minimum Gasteiger partial charge on any atom is -0.500 e. The Labute approximate surface area is 114 Å². The number of carbonyl (C=O) groups is 1. The van der Waals surface area contributed by atoms with E-state index in [9.17, 15) is 20.0 Å². The van der Waals surface area contributed by atoms with Crippen LogP contribution in [0, 0.1) is 10.1 Å². The first kappa shape index (κ1) is 13.5. The molecule has 0 aliphatic heterocycles. The monoisotopic (exact) mass is 273 g/mol. The van der Waals surface area contributed by atoms with Crippen molar-refractivity contribution in [1.29, 1.82) is 0 Å². The summed E-state index contributed by atoms with van der Waals surface area (Å²) in [6.45, 7) is 0.133. The SMILES string of the molecule is O=Cc1cc(OCc2ccccc2)c(O)c([N+](=O)[O-])c1. The molecule has 2 aromatic rings. The van der Waals surface area contributed by atoms with E-state index >= 15 is 0 Å². The van der Waals surface area contributed by atoms with Gasteiger partial charge in [-0.05, 0) is 11.6 Å². The molecule has 0 heterocycles. The number of nitrogens with zero attached hydrogens (tertiary/aromatic N) is 1. The molecule has 0 unspecified atom stereocenters. The van der Waals surface area contributed by atoms with Crippen LogP contribution in [0.5, 0.6) is 11.5 Å². The van der Waals surface area contributed by atoms with Crippen molar-refractivity contribution in [3.63, 3.8) is 0 Å². The van der Waals surface area contributed by atoms with Crippen LogP contribution in [0.1, 0.15) is 15.9 Å². The summed E-state index contributed by atoms with van der Waals surface area (Å²) in [4.78, 5) is 20.8. The number of hydrogen-bond acceptors (Lipinski definition) is 5. The summed E-state index contributed by atoms with van der Waals surface area (Å²) in [5, 5.41) is 20.6. The standard InChI is InChI=1S/C14H11NO5/c16-8-11-6-12(15(18)19)14(17)13(7-11)20-9-10-4-2-1-3-5-10/h1-8,17H,9H2. The minimum absolute atomic E-state index is 0.0672. The molecule has 0 atom stereocenters. The van der Waals surface area contributed by atoms with Crippen molar-refractivity contribution in [1.82, 2.24) is 0 Å². The number of rotatable bonds is 5. The van der Waals surface area contributed by atoms with Gasteiger partial charge in [0.15, 0.2) is 5.75 Å². The van der Waals surface area contributed by atoms with Gasteiger partial charge in [-0.2, -0.15) is 0 Å². The van der Waals surface area contributed by atoms with Gasteiger partial charge in [0.25, 0.3) is 0 Å². The third-order valence-electron chi connectivity index (χ3n) is 2.65.